The predicted molar refractivity (Wildman–Crippen MR) is 235 cm³/mol. The second-order valence-corrected chi connectivity index (χ2v) is 17.0. The number of phosphoric acid groups is 1. The van der Waals surface area contributed by atoms with Crippen LogP contribution in [0.3, 0.4) is 0 Å². The third-order valence-corrected chi connectivity index (χ3v) is 9.79. The van der Waals surface area contributed by atoms with Crippen LogP contribution < -0.4 is 0 Å². The van der Waals surface area contributed by atoms with Crippen molar-refractivity contribution in [1.29, 1.82) is 0 Å². The predicted octanol–water partition coefficient (Wildman–Crippen LogP) is 11.2. The topological polar surface area (TPSA) is 129 Å². The van der Waals surface area contributed by atoms with E-state index in [9.17, 15) is 24.2 Å². The normalized spacial score (nSPS) is 14.9. The first-order valence-electron chi connectivity index (χ1n) is 21.8. The summed E-state index contributed by atoms with van der Waals surface area (Å²) in [6, 6.07) is 0. The Morgan fingerprint density at radius 1 is 0.649 bits per heavy atom. The number of carbonyl (C=O) groups excluding carboxylic acids is 2. The van der Waals surface area contributed by atoms with Crippen LogP contribution in [-0.4, -0.2) is 86.1 Å². The van der Waals surface area contributed by atoms with Crippen molar-refractivity contribution < 1.29 is 47.2 Å². The number of nitrogens with zero attached hydrogens (tertiary/aromatic N) is 1. The number of esters is 2. The Balaban J connectivity index is 4.53. The van der Waals surface area contributed by atoms with Crippen molar-refractivity contribution in [3.8, 4) is 0 Å². The molecule has 0 aromatic rings. The maximum atomic E-state index is 12.7. The number of rotatable bonds is 38. The number of ether oxygens (including phenoxy) is 2. The lowest BCUT2D eigenvalue weighted by Crippen LogP contribution is -2.37. The Labute approximate surface area is 347 Å². The number of aliphatic hydroxyl groups is 1. The highest BCUT2D eigenvalue weighted by molar-refractivity contribution is 7.47. The molecule has 328 valence electrons. The Bertz CT molecular complexity index is 1220. The summed E-state index contributed by atoms with van der Waals surface area (Å²) < 4.78 is 34.2. The van der Waals surface area contributed by atoms with Crippen LogP contribution in [0.1, 0.15) is 149 Å². The zero-order chi connectivity index (χ0) is 42.3. The van der Waals surface area contributed by atoms with Gasteiger partial charge in [0, 0.05) is 12.8 Å². The first-order valence-corrected chi connectivity index (χ1v) is 23.3. The lowest BCUT2D eigenvalue weighted by atomic mass is 10.1. The van der Waals surface area contributed by atoms with Gasteiger partial charge in [-0.1, -0.05) is 138 Å². The van der Waals surface area contributed by atoms with Crippen molar-refractivity contribution in [3.63, 3.8) is 0 Å². The Morgan fingerprint density at radius 3 is 1.88 bits per heavy atom. The lowest BCUT2D eigenvalue weighted by molar-refractivity contribution is -0.870. The minimum Gasteiger partial charge on any atom is -0.462 e. The van der Waals surface area contributed by atoms with E-state index in [2.05, 4.69) is 56.4 Å². The zero-order valence-electron chi connectivity index (χ0n) is 36.4. The van der Waals surface area contributed by atoms with E-state index in [0.717, 1.165) is 64.2 Å². The Kier molecular flexibility index (Phi) is 36.0. The summed E-state index contributed by atoms with van der Waals surface area (Å²) in [6.07, 6.45) is 42.9. The van der Waals surface area contributed by atoms with Gasteiger partial charge >= 0.3 is 19.8 Å². The maximum absolute atomic E-state index is 12.7. The summed E-state index contributed by atoms with van der Waals surface area (Å²) >= 11 is 0. The molecule has 2 N–H and O–H groups in total. The van der Waals surface area contributed by atoms with Crippen LogP contribution in [0.2, 0.25) is 0 Å². The maximum Gasteiger partial charge on any atom is 0.472 e. The summed E-state index contributed by atoms with van der Waals surface area (Å²) in [6.45, 7) is 4.08. The fourth-order valence-electron chi connectivity index (χ4n) is 5.36. The van der Waals surface area contributed by atoms with Gasteiger partial charge in [0.1, 0.15) is 19.8 Å². The quantitative estimate of drug-likeness (QED) is 0.0156. The van der Waals surface area contributed by atoms with Gasteiger partial charge in [-0.15, -0.1) is 0 Å². The van der Waals surface area contributed by atoms with Gasteiger partial charge in [-0.05, 0) is 70.6 Å². The van der Waals surface area contributed by atoms with Gasteiger partial charge in [0.25, 0.3) is 0 Å². The van der Waals surface area contributed by atoms with Crippen LogP contribution in [0.25, 0.3) is 0 Å². The number of carbonyl (C=O) groups is 2. The fourth-order valence-corrected chi connectivity index (χ4v) is 6.10. The van der Waals surface area contributed by atoms with E-state index in [1.54, 1.807) is 6.08 Å². The molecule has 0 radical (unpaired) electrons. The SMILES string of the molecule is CC/C=C/CC(O)/C=C/C=C/CCCCCCCC(=O)O[C@H](COC(=O)CCC/C=C\C/C=C\C/C=C\CCCCCCCC)COP(=O)(O)OCC[N+](C)(C)C. The highest BCUT2D eigenvalue weighted by atomic mass is 31.2. The van der Waals surface area contributed by atoms with E-state index in [1.165, 1.54) is 38.5 Å². The van der Waals surface area contributed by atoms with Gasteiger partial charge in [0.15, 0.2) is 6.10 Å². The van der Waals surface area contributed by atoms with Crippen molar-refractivity contribution in [3.05, 3.63) is 72.9 Å². The van der Waals surface area contributed by atoms with Crippen LogP contribution in [0.5, 0.6) is 0 Å². The van der Waals surface area contributed by atoms with Gasteiger partial charge in [-0.3, -0.25) is 18.6 Å². The number of hydrogen-bond donors (Lipinski definition) is 2. The van der Waals surface area contributed by atoms with Gasteiger partial charge in [-0.2, -0.15) is 0 Å². The van der Waals surface area contributed by atoms with Gasteiger partial charge in [0.05, 0.1) is 33.9 Å². The van der Waals surface area contributed by atoms with E-state index < -0.39 is 38.6 Å². The van der Waals surface area contributed by atoms with Gasteiger partial charge < -0.3 is 24.0 Å². The van der Waals surface area contributed by atoms with E-state index in [-0.39, 0.29) is 26.1 Å². The van der Waals surface area contributed by atoms with Crippen molar-refractivity contribution in [1.82, 2.24) is 0 Å². The molecule has 0 aromatic heterocycles. The van der Waals surface area contributed by atoms with Gasteiger partial charge in [0.2, 0.25) is 0 Å². The number of phosphoric ester groups is 1. The molecule has 0 aliphatic carbocycles. The average molecular weight is 823 g/mol. The highest BCUT2D eigenvalue weighted by Crippen LogP contribution is 2.43. The molecule has 0 bridgehead atoms. The second kappa shape index (κ2) is 37.7. The number of unbranched alkanes of at least 4 members (excludes halogenated alkanes) is 12. The molecule has 0 aromatic carbocycles. The van der Waals surface area contributed by atoms with Crippen molar-refractivity contribution >= 4 is 19.8 Å². The van der Waals surface area contributed by atoms with Crippen LogP contribution >= 0.6 is 7.82 Å². The largest absolute Gasteiger partial charge is 0.472 e. The molecule has 11 heteroatoms. The lowest BCUT2D eigenvalue weighted by Gasteiger charge is -2.24. The number of likely N-dealkylation sites (N-methyl/N-ethyl adjacent to an activating group) is 1. The first kappa shape index (κ1) is 54.4. The first-order chi connectivity index (χ1) is 27.4. The van der Waals surface area contributed by atoms with Gasteiger partial charge in [-0.25, -0.2) is 4.57 Å². The monoisotopic (exact) mass is 823 g/mol. The Morgan fingerprint density at radius 2 is 1.23 bits per heavy atom. The summed E-state index contributed by atoms with van der Waals surface area (Å²) in [4.78, 5) is 35.3. The number of aliphatic hydroxyl groups excluding tert-OH is 1. The second-order valence-electron chi connectivity index (χ2n) is 15.5. The van der Waals surface area contributed by atoms with Crippen molar-refractivity contribution in [2.24, 2.45) is 0 Å². The summed E-state index contributed by atoms with van der Waals surface area (Å²) in [5.41, 5.74) is 0. The molecule has 0 spiro atoms. The molecule has 0 rings (SSSR count). The van der Waals surface area contributed by atoms with E-state index in [1.807, 2.05) is 45.4 Å². The molecule has 0 aliphatic rings. The molecular formula is C46H81NO9P+. The number of allylic oxidation sites excluding steroid dienone is 10. The van der Waals surface area contributed by atoms with Crippen molar-refractivity contribution in [2.45, 2.75) is 161 Å². The third-order valence-electron chi connectivity index (χ3n) is 8.80. The molecule has 57 heavy (non-hydrogen) atoms. The summed E-state index contributed by atoms with van der Waals surface area (Å²) in [5.74, 6) is -0.921. The molecule has 0 amide bonds. The van der Waals surface area contributed by atoms with E-state index in [4.69, 9.17) is 18.5 Å². The summed E-state index contributed by atoms with van der Waals surface area (Å²) in [5, 5.41) is 9.89. The molecule has 10 nitrogen and oxygen atoms in total. The summed E-state index contributed by atoms with van der Waals surface area (Å²) in [7, 11) is 1.39. The smallest absolute Gasteiger partial charge is 0.462 e. The van der Waals surface area contributed by atoms with Crippen LogP contribution in [0, 0.1) is 0 Å². The standard InChI is InChI=1S/C46H80NO9P/c1-6-8-10-11-12-13-14-15-16-17-18-19-20-23-26-29-33-37-45(49)53-41-44(42-55-57(51,52)54-40-39-47(3,4)5)56-46(50)38-34-30-27-24-21-22-25-28-32-36-43(48)35-31-9-7-2/h9,15-16,18-19,23,25-26,28,31-32,36,43-44,48H,6-8,10-14,17,20-22,24,27,29-30,33-35,37-42H2,1-5H3/p+1/b16-15-,19-18-,26-23-,28-25+,31-9+,36-32+/t43?,44-/m1/s1. The average Bonchev–Trinajstić information content (AvgIpc) is 3.15. The van der Waals surface area contributed by atoms with E-state index >= 15 is 0 Å². The molecule has 0 fully saturated rings. The molecular weight excluding hydrogens is 741 g/mol. The van der Waals surface area contributed by atoms with Crippen molar-refractivity contribution in [2.75, 3.05) is 47.5 Å². The third kappa shape index (κ3) is 41.4. The Hall–Kier alpha value is -2.59. The number of hydrogen-bond acceptors (Lipinski definition) is 8. The van der Waals surface area contributed by atoms with Crippen LogP contribution in [0.4, 0.5) is 0 Å². The fraction of sp³-hybridized carbons (Fsp3) is 0.696. The molecule has 0 aliphatic heterocycles. The van der Waals surface area contributed by atoms with Crippen LogP contribution in [0.15, 0.2) is 72.9 Å². The molecule has 3 atom stereocenters. The number of quaternary nitrogens is 1. The highest BCUT2D eigenvalue weighted by Gasteiger charge is 2.27. The molecule has 0 saturated heterocycles. The minimum absolute atomic E-state index is 0.00677. The molecule has 2 unspecified atom stereocenters. The molecule has 0 heterocycles. The molecule has 0 saturated carbocycles. The van der Waals surface area contributed by atoms with E-state index in [0.29, 0.717) is 30.3 Å². The van der Waals surface area contributed by atoms with Crippen LogP contribution in [-0.2, 0) is 32.7 Å². The zero-order valence-corrected chi connectivity index (χ0v) is 37.3. The minimum atomic E-state index is -4.41.